The molecule has 0 atom stereocenters. The minimum absolute atomic E-state index is 0.133. The fraction of sp³-hybridized carbons (Fsp3) is 0.571. The van der Waals surface area contributed by atoms with E-state index in [0.29, 0.717) is 6.54 Å². The zero-order valence-electron chi connectivity index (χ0n) is 6.63. The van der Waals surface area contributed by atoms with Gasteiger partial charge in [-0.1, -0.05) is 0 Å². The van der Waals surface area contributed by atoms with Crippen molar-refractivity contribution in [2.45, 2.75) is 20.4 Å². The number of halogens is 1. The normalized spacial score (nSPS) is 10.5. The third-order valence-corrected chi connectivity index (χ3v) is 2.51. The zero-order valence-corrected chi connectivity index (χ0v) is 8.22. The average molecular weight is 219 g/mol. The molecule has 0 saturated heterocycles. The van der Waals surface area contributed by atoms with Gasteiger partial charge in [-0.2, -0.15) is 5.10 Å². The number of nitrogens with zero attached hydrogens (tertiary/aromatic N) is 2. The molecular weight excluding hydrogens is 208 g/mol. The van der Waals surface area contributed by atoms with Gasteiger partial charge in [0, 0.05) is 11.3 Å². The summed E-state index contributed by atoms with van der Waals surface area (Å²) in [5.74, 6) is 0. The van der Waals surface area contributed by atoms with Gasteiger partial charge in [-0.25, -0.2) is 0 Å². The van der Waals surface area contributed by atoms with Crippen LogP contribution in [-0.2, 0) is 6.54 Å². The van der Waals surface area contributed by atoms with Crippen LogP contribution in [0.3, 0.4) is 0 Å². The standard InChI is InChI=1S/C7H11BrN2O/c1-5-6(2)10(3-4-11)9-7(5)8/h11H,3-4H2,1-2H3. The number of hydrogen-bond donors (Lipinski definition) is 1. The molecule has 1 heterocycles. The first-order valence-corrected chi connectivity index (χ1v) is 4.26. The van der Waals surface area contributed by atoms with Gasteiger partial charge in [0.15, 0.2) is 0 Å². The number of aromatic nitrogens is 2. The van der Waals surface area contributed by atoms with Gasteiger partial charge in [0.1, 0.15) is 4.60 Å². The molecule has 4 heteroatoms. The van der Waals surface area contributed by atoms with E-state index in [1.54, 1.807) is 4.68 Å². The summed E-state index contributed by atoms with van der Waals surface area (Å²) in [7, 11) is 0. The fourth-order valence-electron chi connectivity index (χ4n) is 0.911. The maximum atomic E-state index is 8.67. The lowest BCUT2D eigenvalue weighted by Crippen LogP contribution is -2.05. The Kier molecular flexibility index (Phi) is 2.67. The van der Waals surface area contributed by atoms with Crippen molar-refractivity contribution in [3.63, 3.8) is 0 Å². The molecule has 0 aromatic carbocycles. The van der Waals surface area contributed by atoms with E-state index in [-0.39, 0.29) is 6.61 Å². The lowest BCUT2D eigenvalue weighted by molar-refractivity contribution is 0.268. The van der Waals surface area contributed by atoms with Crippen molar-refractivity contribution in [1.29, 1.82) is 0 Å². The highest BCUT2D eigenvalue weighted by Crippen LogP contribution is 2.17. The Balaban J connectivity index is 2.98. The average Bonchev–Trinajstić information content (AvgIpc) is 2.19. The molecule has 0 amide bonds. The number of aliphatic hydroxyl groups is 1. The summed E-state index contributed by atoms with van der Waals surface area (Å²) in [6.07, 6.45) is 0. The molecule has 0 aliphatic carbocycles. The third-order valence-electron chi connectivity index (χ3n) is 1.76. The van der Waals surface area contributed by atoms with Crippen molar-refractivity contribution in [1.82, 2.24) is 9.78 Å². The molecular formula is C7H11BrN2O. The Hall–Kier alpha value is -0.350. The first-order valence-electron chi connectivity index (χ1n) is 3.47. The minimum Gasteiger partial charge on any atom is -0.394 e. The molecule has 11 heavy (non-hydrogen) atoms. The van der Waals surface area contributed by atoms with Gasteiger partial charge in [0.05, 0.1) is 13.2 Å². The van der Waals surface area contributed by atoms with Crippen molar-refractivity contribution in [3.8, 4) is 0 Å². The first kappa shape index (κ1) is 8.74. The fourth-order valence-corrected chi connectivity index (χ4v) is 1.39. The Morgan fingerprint density at radius 3 is 2.55 bits per heavy atom. The minimum atomic E-state index is 0.133. The van der Waals surface area contributed by atoms with Crippen LogP contribution in [0.25, 0.3) is 0 Å². The molecule has 1 aromatic rings. The quantitative estimate of drug-likeness (QED) is 0.812. The third kappa shape index (κ3) is 1.62. The maximum absolute atomic E-state index is 8.67. The Labute approximate surface area is 74.2 Å². The molecule has 0 fully saturated rings. The van der Waals surface area contributed by atoms with Crippen LogP contribution >= 0.6 is 15.9 Å². The molecule has 1 aromatic heterocycles. The van der Waals surface area contributed by atoms with Crippen LogP contribution < -0.4 is 0 Å². The topological polar surface area (TPSA) is 38.0 Å². The van der Waals surface area contributed by atoms with Crippen LogP contribution in [0.5, 0.6) is 0 Å². The second-order valence-corrected chi connectivity index (χ2v) is 3.20. The first-order chi connectivity index (χ1) is 5.16. The predicted molar refractivity (Wildman–Crippen MR) is 46.5 cm³/mol. The molecule has 0 spiro atoms. The van der Waals surface area contributed by atoms with E-state index in [1.807, 2.05) is 13.8 Å². The second-order valence-electron chi connectivity index (χ2n) is 2.45. The van der Waals surface area contributed by atoms with E-state index in [2.05, 4.69) is 21.0 Å². The number of hydrogen-bond acceptors (Lipinski definition) is 2. The number of aliphatic hydroxyl groups excluding tert-OH is 1. The SMILES string of the molecule is Cc1c(Br)nn(CCO)c1C. The highest BCUT2D eigenvalue weighted by molar-refractivity contribution is 9.10. The van der Waals surface area contributed by atoms with E-state index in [0.717, 1.165) is 15.9 Å². The largest absolute Gasteiger partial charge is 0.394 e. The van der Waals surface area contributed by atoms with E-state index < -0.39 is 0 Å². The highest BCUT2D eigenvalue weighted by atomic mass is 79.9. The molecule has 0 bridgehead atoms. The van der Waals surface area contributed by atoms with E-state index >= 15 is 0 Å². The van der Waals surface area contributed by atoms with Crippen LogP contribution in [0.2, 0.25) is 0 Å². The molecule has 0 aliphatic rings. The lowest BCUT2D eigenvalue weighted by atomic mass is 10.3. The van der Waals surface area contributed by atoms with Gasteiger partial charge in [0.25, 0.3) is 0 Å². The van der Waals surface area contributed by atoms with E-state index in [4.69, 9.17) is 5.11 Å². The Bertz CT molecular complexity index is 257. The summed E-state index contributed by atoms with van der Waals surface area (Å²) >= 11 is 3.32. The van der Waals surface area contributed by atoms with Crippen molar-refractivity contribution in [2.24, 2.45) is 0 Å². The Morgan fingerprint density at radius 1 is 1.55 bits per heavy atom. The molecule has 3 nitrogen and oxygen atoms in total. The number of rotatable bonds is 2. The lowest BCUT2D eigenvalue weighted by Gasteiger charge is -1.99. The van der Waals surface area contributed by atoms with Gasteiger partial charge < -0.3 is 5.11 Å². The van der Waals surface area contributed by atoms with Crippen LogP contribution in [0.15, 0.2) is 4.60 Å². The summed E-state index contributed by atoms with van der Waals surface area (Å²) in [5, 5.41) is 12.8. The summed E-state index contributed by atoms with van der Waals surface area (Å²) in [6, 6.07) is 0. The van der Waals surface area contributed by atoms with Crippen molar-refractivity contribution in [2.75, 3.05) is 6.61 Å². The smallest absolute Gasteiger partial charge is 0.131 e. The molecule has 0 unspecified atom stereocenters. The second kappa shape index (κ2) is 3.36. The molecule has 0 saturated carbocycles. The van der Waals surface area contributed by atoms with E-state index in [1.165, 1.54) is 0 Å². The molecule has 0 radical (unpaired) electrons. The van der Waals surface area contributed by atoms with Crippen LogP contribution in [0.4, 0.5) is 0 Å². The summed E-state index contributed by atoms with van der Waals surface area (Å²) in [4.78, 5) is 0. The summed E-state index contributed by atoms with van der Waals surface area (Å²) in [6.45, 7) is 4.69. The van der Waals surface area contributed by atoms with Crippen molar-refractivity contribution >= 4 is 15.9 Å². The summed E-state index contributed by atoms with van der Waals surface area (Å²) in [5.41, 5.74) is 2.24. The van der Waals surface area contributed by atoms with Crippen molar-refractivity contribution in [3.05, 3.63) is 15.9 Å². The van der Waals surface area contributed by atoms with Gasteiger partial charge in [-0.15, -0.1) is 0 Å². The van der Waals surface area contributed by atoms with Crippen LogP contribution in [0, 0.1) is 13.8 Å². The van der Waals surface area contributed by atoms with Gasteiger partial charge in [0.2, 0.25) is 0 Å². The van der Waals surface area contributed by atoms with Gasteiger partial charge >= 0.3 is 0 Å². The summed E-state index contributed by atoms with van der Waals surface area (Å²) < 4.78 is 2.66. The maximum Gasteiger partial charge on any atom is 0.131 e. The molecule has 62 valence electrons. The molecule has 0 aliphatic heterocycles. The van der Waals surface area contributed by atoms with Crippen molar-refractivity contribution < 1.29 is 5.11 Å². The van der Waals surface area contributed by atoms with Crippen LogP contribution in [-0.4, -0.2) is 21.5 Å². The molecule has 1 N–H and O–H groups in total. The van der Waals surface area contributed by atoms with Gasteiger partial charge in [-0.3, -0.25) is 4.68 Å². The van der Waals surface area contributed by atoms with Crippen LogP contribution in [0.1, 0.15) is 11.3 Å². The Morgan fingerprint density at radius 2 is 2.18 bits per heavy atom. The highest BCUT2D eigenvalue weighted by Gasteiger charge is 2.06. The van der Waals surface area contributed by atoms with Gasteiger partial charge in [-0.05, 0) is 29.8 Å². The monoisotopic (exact) mass is 218 g/mol. The van der Waals surface area contributed by atoms with E-state index in [9.17, 15) is 0 Å². The molecule has 1 rings (SSSR count). The zero-order chi connectivity index (χ0) is 8.43. The predicted octanol–water partition coefficient (Wildman–Crippen LogP) is 1.25.